The van der Waals surface area contributed by atoms with E-state index in [4.69, 9.17) is 11.6 Å². The molecule has 0 bridgehead atoms. The molecule has 1 N–H and O–H groups in total. The third-order valence-electron chi connectivity index (χ3n) is 3.04. The second kappa shape index (κ2) is 6.30. The first-order valence-electron chi connectivity index (χ1n) is 6.99. The van der Waals surface area contributed by atoms with Crippen molar-refractivity contribution in [2.24, 2.45) is 0 Å². The third kappa shape index (κ3) is 3.81. The number of carbonyl (C=O) groups is 1. The highest BCUT2D eigenvalue weighted by atomic mass is 35.5. The zero-order chi connectivity index (χ0) is 16.5. The standard InChI is InChI=1S/C15H19ClN4OS/c1-8(2)14-17-7-10(22-14)13(21)18-11-6-9(15(3,4)5)12(16)20-19-11/h6-8H,1-5H3,(H,18,19,21). The van der Waals surface area contributed by atoms with E-state index >= 15 is 0 Å². The first kappa shape index (κ1) is 16.8. The number of halogens is 1. The average Bonchev–Trinajstić information content (AvgIpc) is 2.89. The van der Waals surface area contributed by atoms with E-state index in [1.54, 1.807) is 12.3 Å². The molecular weight excluding hydrogens is 320 g/mol. The average molecular weight is 339 g/mol. The number of nitrogens with zero attached hydrogens (tertiary/aromatic N) is 3. The normalized spacial score (nSPS) is 11.8. The van der Waals surface area contributed by atoms with Crippen LogP contribution in [-0.4, -0.2) is 21.1 Å². The van der Waals surface area contributed by atoms with Gasteiger partial charge < -0.3 is 5.32 Å². The molecule has 7 heteroatoms. The minimum Gasteiger partial charge on any atom is -0.304 e. The van der Waals surface area contributed by atoms with Crippen molar-refractivity contribution in [1.29, 1.82) is 0 Å². The fourth-order valence-corrected chi connectivity index (χ4v) is 2.99. The summed E-state index contributed by atoms with van der Waals surface area (Å²) in [5.74, 6) is 0.453. The first-order valence-corrected chi connectivity index (χ1v) is 8.18. The predicted octanol–water partition coefficient (Wildman–Crippen LogP) is 4.26. The molecule has 2 heterocycles. The van der Waals surface area contributed by atoms with Gasteiger partial charge in [0.1, 0.15) is 4.88 Å². The lowest BCUT2D eigenvalue weighted by molar-refractivity contribution is 0.103. The lowest BCUT2D eigenvalue weighted by atomic mass is 9.88. The van der Waals surface area contributed by atoms with Crippen molar-refractivity contribution in [3.63, 3.8) is 0 Å². The number of rotatable bonds is 3. The van der Waals surface area contributed by atoms with Crippen molar-refractivity contribution in [2.75, 3.05) is 5.32 Å². The molecule has 2 aromatic rings. The van der Waals surface area contributed by atoms with Gasteiger partial charge in [-0.2, -0.15) is 0 Å². The maximum atomic E-state index is 12.3. The first-order chi connectivity index (χ1) is 10.2. The molecule has 0 aromatic carbocycles. The SMILES string of the molecule is CC(C)c1ncc(C(=O)Nc2cc(C(C)(C)C)c(Cl)nn2)s1. The summed E-state index contributed by atoms with van der Waals surface area (Å²) in [6.07, 6.45) is 1.59. The van der Waals surface area contributed by atoms with E-state index < -0.39 is 0 Å². The molecule has 0 spiro atoms. The number of amides is 1. The number of thiazole rings is 1. The van der Waals surface area contributed by atoms with Gasteiger partial charge in [0, 0.05) is 11.5 Å². The highest BCUT2D eigenvalue weighted by Crippen LogP contribution is 2.29. The quantitative estimate of drug-likeness (QED) is 0.907. The summed E-state index contributed by atoms with van der Waals surface area (Å²) in [5, 5.41) is 11.9. The lowest BCUT2D eigenvalue weighted by Crippen LogP contribution is -2.17. The summed E-state index contributed by atoms with van der Waals surface area (Å²) in [5.41, 5.74) is 0.661. The van der Waals surface area contributed by atoms with Gasteiger partial charge in [-0.1, -0.05) is 46.2 Å². The van der Waals surface area contributed by atoms with Crippen LogP contribution in [0.5, 0.6) is 0 Å². The van der Waals surface area contributed by atoms with Crippen molar-refractivity contribution in [3.05, 3.63) is 32.9 Å². The van der Waals surface area contributed by atoms with Crippen LogP contribution in [0.25, 0.3) is 0 Å². The number of nitrogens with one attached hydrogen (secondary N) is 1. The van der Waals surface area contributed by atoms with Crippen molar-refractivity contribution in [3.8, 4) is 0 Å². The van der Waals surface area contributed by atoms with Crippen LogP contribution in [0.15, 0.2) is 12.3 Å². The molecule has 0 unspecified atom stereocenters. The molecule has 5 nitrogen and oxygen atoms in total. The van der Waals surface area contributed by atoms with Crippen LogP contribution < -0.4 is 5.32 Å². The summed E-state index contributed by atoms with van der Waals surface area (Å²) in [7, 11) is 0. The molecule has 22 heavy (non-hydrogen) atoms. The van der Waals surface area contributed by atoms with E-state index in [1.165, 1.54) is 11.3 Å². The van der Waals surface area contributed by atoms with Crippen molar-refractivity contribution in [2.45, 2.75) is 46.0 Å². The van der Waals surface area contributed by atoms with Gasteiger partial charge in [-0.15, -0.1) is 21.5 Å². The number of hydrogen-bond donors (Lipinski definition) is 1. The Morgan fingerprint density at radius 3 is 2.55 bits per heavy atom. The Balaban J connectivity index is 2.21. The molecule has 118 valence electrons. The number of carbonyl (C=O) groups excluding carboxylic acids is 1. The van der Waals surface area contributed by atoms with Crippen molar-refractivity contribution >= 4 is 34.7 Å². The fraction of sp³-hybridized carbons (Fsp3) is 0.467. The Morgan fingerprint density at radius 1 is 1.32 bits per heavy atom. The number of anilines is 1. The molecule has 2 rings (SSSR count). The van der Waals surface area contributed by atoms with Crippen molar-refractivity contribution in [1.82, 2.24) is 15.2 Å². The molecule has 0 aliphatic rings. The Labute approximate surface area is 139 Å². The van der Waals surface area contributed by atoms with Gasteiger partial charge in [0.05, 0.1) is 11.2 Å². The van der Waals surface area contributed by atoms with E-state index in [-0.39, 0.29) is 11.3 Å². The van der Waals surface area contributed by atoms with Crippen LogP contribution in [0, 0.1) is 0 Å². The molecule has 0 fully saturated rings. The van der Waals surface area contributed by atoms with Crippen LogP contribution in [0.3, 0.4) is 0 Å². The molecule has 0 radical (unpaired) electrons. The molecule has 0 saturated carbocycles. The highest BCUT2D eigenvalue weighted by Gasteiger charge is 2.20. The molecule has 2 aromatic heterocycles. The summed E-state index contributed by atoms with van der Waals surface area (Å²) in [6, 6.07) is 1.76. The van der Waals surface area contributed by atoms with Gasteiger partial charge in [0.2, 0.25) is 0 Å². The second-order valence-corrected chi connectivity index (χ2v) is 7.78. The summed E-state index contributed by atoms with van der Waals surface area (Å²) < 4.78 is 0. The molecule has 0 aliphatic heterocycles. The molecule has 0 aliphatic carbocycles. The number of hydrogen-bond acceptors (Lipinski definition) is 5. The smallest absolute Gasteiger partial charge is 0.268 e. The van der Waals surface area contributed by atoms with Gasteiger partial charge in [-0.3, -0.25) is 4.79 Å². The van der Waals surface area contributed by atoms with Gasteiger partial charge >= 0.3 is 0 Å². The number of aromatic nitrogens is 3. The van der Waals surface area contributed by atoms with E-state index in [1.807, 2.05) is 34.6 Å². The largest absolute Gasteiger partial charge is 0.304 e. The maximum absolute atomic E-state index is 12.3. The summed E-state index contributed by atoms with van der Waals surface area (Å²) in [4.78, 5) is 17.1. The monoisotopic (exact) mass is 338 g/mol. The van der Waals surface area contributed by atoms with Crippen LogP contribution in [0.2, 0.25) is 5.15 Å². The third-order valence-corrected chi connectivity index (χ3v) is 4.62. The topological polar surface area (TPSA) is 67.8 Å². The lowest BCUT2D eigenvalue weighted by Gasteiger charge is -2.20. The minimum atomic E-state index is -0.235. The van der Waals surface area contributed by atoms with E-state index in [0.29, 0.717) is 21.8 Å². The fourth-order valence-electron chi connectivity index (χ4n) is 1.80. The van der Waals surface area contributed by atoms with Crippen LogP contribution >= 0.6 is 22.9 Å². The van der Waals surface area contributed by atoms with Gasteiger partial charge in [0.15, 0.2) is 11.0 Å². The van der Waals surface area contributed by atoms with Gasteiger partial charge in [0.25, 0.3) is 5.91 Å². The highest BCUT2D eigenvalue weighted by molar-refractivity contribution is 7.13. The van der Waals surface area contributed by atoms with E-state index in [0.717, 1.165) is 10.6 Å². The molecular formula is C15H19ClN4OS. The zero-order valence-corrected chi connectivity index (χ0v) is 14.8. The zero-order valence-electron chi connectivity index (χ0n) is 13.3. The molecule has 1 amide bonds. The van der Waals surface area contributed by atoms with E-state index in [2.05, 4.69) is 20.5 Å². The van der Waals surface area contributed by atoms with Crippen LogP contribution in [0.1, 0.15) is 60.8 Å². The second-order valence-electron chi connectivity index (χ2n) is 6.36. The molecule has 0 saturated heterocycles. The summed E-state index contributed by atoms with van der Waals surface area (Å²) in [6.45, 7) is 10.2. The Kier molecular flexibility index (Phi) is 4.82. The van der Waals surface area contributed by atoms with Gasteiger partial charge in [-0.05, 0) is 11.5 Å². The predicted molar refractivity (Wildman–Crippen MR) is 89.9 cm³/mol. The Hall–Kier alpha value is -1.53. The van der Waals surface area contributed by atoms with Crippen molar-refractivity contribution < 1.29 is 4.79 Å². The molecule has 0 atom stereocenters. The van der Waals surface area contributed by atoms with Crippen LogP contribution in [-0.2, 0) is 5.41 Å². The minimum absolute atomic E-state index is 0.179. The Morgan fingerprint density at radius 2 is 2.00 bits per heavy atom. The Bertz CT molecular complexity index is 691. The van der Waals surface area contributed by atoms with Crippen LogP contribution in [0.4, 0.5) is 5.82 Å². The van der Waals surface area contributed by atoms with Gasteiger partial charge in [-0.25, -0.2) is 4.98 Å². The maximum Gasteiger partial charge on any atom is 0.268 e. The summed E-state index contributed by atoms with van der Waals surface area (Å²) >= 11 is 7.46. The van der Waals surface area contributed by atoms with E-state index in [9.17, 15) is 4.79 Å².